The summed E-state index contributed by atoms with van der Waals surface area (Å²) in [5.41, 5.74) is 6.66. The molecule has 0 aliphatic rings. The molecule has 0 bridgehead atoms. The minimum atomic E-state index is 0.426. The van der Waals surface area contributed by atoms with Gasteiger partial charge in [-0.25, -0.2) is 4.68 Å². The summed E-state index contributed by atoms with van der Waals surface area (Å²) in [6.07, 6.45) is 0.976. The molecule has 1 heterocycles. The molecule has 0 N–H and O–H groups in total. The first-order valence-electron chi connectivity index (χ1n) is 7.48. The molecule has 0 saturated carbocycles. The number of aryl methyl sites for hydroxylation is 2. The van der Waals surface area contributed by atoms with E-state index >= 15 is 0 Å². The number of nitrogens with zero attached hydrogens (tertiary/aromatic N) is 4. The highest BCUT2D eigenvalue weighted by atomic mass is 15.4. The van der Waals surface area contributed by atoms with Crippen LogP contribution in [0.4, 0.5) is 5.69 Å². The van der Waals surface area contributed by atoms with Crippen molar-refractivity contribution < 1.29 is 0 Å². The maximum absolute atomic E-state index is 4.74. The summed E-state index contributed by atoms with van der Waals surface area (Å²) < 4.78 is 1.83. The molecule has 0 aliphatic heterocycles. The molecule has 0 amide bonds. The van der Waals surface area contributed by atoms with Crippen LogP contribution < -0.4 is 0 Å². The van der Waals surface area contributed by atoms with E-state index in [0.717, 1.165) is 34.8 Å². The zero-order valence-corrected chi connectivity index (χ0v) is 13.8. The van der Waals surface area contributed by atoms with Gasteiger partial charge in [0.05, 0.1) is 17.1 Å². The van der Waals surface area contributed by atoms with E-state index in [-0.39, 0.29) is 0 Å². The number of rotatable bonds is 4. The van der Waals surface area contributed by atoms with Crippen LogP contribution in [0, 0.1) is 6.92 Å². The van der Waals surface area contributed by atoms with Gasteiger partial charge in [-0.1, -0.05) is 32.1 Å². The average molecular weight is 284 g/mol. The van der Waals surface area contributed by atoms with Crippen LogP contribution in [0.5, 0.6) is 0 Å². The maximum atomic E-state index is 4.74. The van der Waals surface area contributed by atoms with E-state index in [1.54, 1.807) is 0 Å². The standard InChI is InChI=1S/C17H24N4/c1-7-12(4)18-16-9-8-14(10-15(16)11(2)3)17-13(5)19-20-21(17)6/h8-11H,7H2,1-6H3. The maximum Gasteiger partial charge on any atom is 0.0911 e. The van der Waals surface area contributed by atoms with Crippen molar-refractivity contribution >= 4 is 11.4 Å². The lowest BCUT2D eigenvalue weighted by atomic mass is 9.97. The molecule has 0 aliphatic carbocycles. The molecule has 0 saturated heterocycles. The lowest BCUT2D eigenvalue weighted by molar-refractivity contribution is 0.719. The number of hydrogen-bond donors (Lipinski definition) is 0. The largest absolute Gasteiger partial charge is 0.258 e. The summed E-state index contributed by atoms with van der Waals surface area (Å²) in [6, 6.07) is 6.44. The third kappa shape index (κ3) is 3.20. The normalized spacial score (nSPS) is 12.2. The van der Waals surface area contributed by atoms with Gasteiger partial charge >= 0.3 is 0 Å². The fourth-order valence-corrected chi connectivity index (χ4v) is 2.41. The first-order chi connectivity index (χ1) is 9.93. The van der Waals surface area contributed by atoms with E-state index in [1.807, 2.05) is 18.7 Å². The second-order valence-corrected chi connectivity index (χ2v) is 5.78. The highest BCUT2D eigenvalue weighted by Crippen LogP contribution is 2.32. The second kappa shape index (κ2) is 6.20. The first kappa shape index (κ1) is 15.4. The van der Waals surface area contributed by atoms with E-state index in [1.165, 1.54) is 5.56 Å². The Morgan fingerprint density at radius 3 is 2.57 bits per heavy atom. The quantitative estimate of drug-likeness (QED) is 0.780. The van der Waals surface area contributed by atoms with Crippen molar-refractivity contribution in [2.75, 3.05) is 0 Å². The van der Waals surface area contributed by atoms with Gasteiger partial charge in [-0.15, -0.1) is 5.10 Å². The van der Waals surface area contributed by atoms with Gasteiger partial charge in [0.1, 0.15) is 0 Å². The Balaban J connectivity index is 2.56. The molecule has 2 rings (SSSR count). The SMILES string of the molecule is CCC(C)=Nc1ccc(-c2c(C)nnn2C)cc1C(C)C. The molecule has 0 radical (unpaired) electrons. The summed E-state index contributed by atoms with van der Waals surface area (Å²) in [7, 11) is 1.93. The van der Waals surface area contributed by atoms with Crippen LogP contribution in [0.25, 0.3) is 11.3 Å². The number of aliphatic imine (C=N–C) groups is 1. The minimum Gasteiger partial charge on any atom is -0.258 e. The fraction of sp³-hybridized carbons (Fsp3) is 0.471. The van der Waals surface area contributed by atoms with E-state index in [9.17, 15) is 0 Å². The van der Waals surface area contributed by atoms with Gasteiger partial charge < -0.3 is 0 Å². The van der Waals surface area contributed by atoms with Gasteiger partial charge in [0.2, 0.25) is 0 Å². The summed E-state index contributed by atoms with van der Waals surface area (Å²) in [5.74, 6) is 0.426. The Morgan fingerprint density at radius 2 is 2.05 bits per heavy atom. The molecule has 4 nitrogen and oxygen atoms in total. The van der Waals surface area contributed by atoms with Crippen LogP contribution >= 0.6 is 0 Å². The lowest BCUT2D eigenvalue weighted by Gasteiger charge is -2.13. The van der Waals surface area contributed by atoms with Gasteiger partial charge in [0, 0.05) is 18.3 Å². The van der Waals surface area contributed by atoms with Crippen LogP contribution in [0.2, 0.25) is 0 Å². The summed E-state index contributed by atoms with van der Waals surface area (Å²) in [5, 5.41) is 8.23. The number of benzene rings is 1. The third-order valence-electron chi connectivity index (χ3n) is 3.74. The summed E-state index contributed by atoms with van der Waals surface area (Å²) in [4.78, 5) is 4.74. The van der Waals surface area contributed by atoms with Crippen molar-refractivity contribution in [2.24, 2.45) is 12.0 Å². The molecule has 0 spiro atoms. The highest BCUT2D eigenvalue weighted by molar-refractivity contribution is 5.85. The zero-order valence-electron chi connectivity index (χ0n) is 13.8. The Labute approximate surface area is 126 Å². The van der Waals surface area contributed by atoms with Crippen molar-refractivity contribution in [1.82, 2.24) is 15.0 Å². The minimum absolute atomic E-state index is 0.426. The van der Waals surface area contributed by atoms with Gasteiger partial charge in [-0.3, -0.25) is 4.99 Å². The predicted molar refractivity (Wildman–Crippen MR) is 88.3 cm³/mol. The second-order valence-electron chi connectivity index (χ2n) is 5.78. The topological polar surface area (TPSA) is 43.1 Å². The van der Waals surface area contributed by atoms with Crippen LogP contribution in [0.1, 0.15) is 51.3 Å². The van der Waals surface area contributed by atoms with Crippen molar-refractivity contribution in [1.29, 1.82) is 0 Å². The fourth-order valence-electron chi connectivity index (χ4n) is 2.41. The molecular formula is C17H24N4. The first-order valence-corrected chi connectivity index (χ1v) is 7.48. The van der Waals surface area contributed by atoms with Crippen molar-refractivity contribution in [3.63, 3.8) is 0 Å². The van der Waals surface area contributed by atoms with Crippen LogP contribution in [0.15, 0.2) is 23.2 Å². The highest BCUT2D eigenvalue weighted by Gasteiger charge is 2.13. The van der Waals surface area contributed by atoms with Gasteiger partial charge in [0.15, 0.2) is 0 Å². The molecule has 0 atom stereocenters. The predicted octanol–water partition coefficient (Wildman–Crippen LogP) is 4.42. The van der Waals surface area contributed by atoms with Gasteiger partial charge in [0.25, 0.3) is 0 Å². The van der Waals surface area contributed by atoms with Crippen LogP contribution in [-0.2, 0) is 7.05 Å². The molecular weight excluding hydrogens is 260 g/mol. The van der Waals surface area contributed by atoms with Crippen LogP contribution in [0.3, 0.4) is 0 Å². The van der Waals surface area contributed by atoms with Crippen molar-refractivity contribution in [3.05, 3.63) is 29.5 Å². The molecule has 1 aromatic heterocycles. The molecule has 1 aromatic carbocycles. The molecule has 0 fully saturated rings. The monoisotopic (exact) mass is 284 g/mol. The van der Waals surface area contributed by atoms with E-state index in [4.69, 9.17) is 4.99 Å². The summed E-state index contributed by atoms with van der Waals surface area (Å²) in [6.45, 7) is 10.6. The van der Waals surface area contributed by atoms with Gasteiger partial charge in [-0.05, 0) is 43.9 Å². The van der Waals surface area contributed by atoms with E-state index in [0.29, 0.717) is 5.92 Å². The molecule has 4 heteroatoms. The Kier molecular flexibility index (Phi) is 4.56. The molecule has 112 valence electrons. The van der Waals surface area contributed by atoms with Gasteiger partial charge in [-0.2, -0.15) is 0 Å². The van der Waals surface area contributed by atoms with Crippen molar-refractivity contribution in [3.8, 4) is 11.3 Å². The Bertz CT molecular complexity index is 646. The van der Waals surface area contributed by atoms with E-state index < -0.39 is 0 Å². The number of aromatic nitrogens is 3. The Hall–Kier alpha value is -1.97. The Morgan fingerprint density at radius 1 is 1.33 bits per heavy atom. The van der Waals surface area contributed by atoms with Crippen LogP contribution in [-0.4, -0.2) is 20.7 Å². The smallest absolute Gasteiger partial charge is 0.0911 e. The van der Waals surface area contributed by atoms with Crippen molar-refractivity contribution in [2.45, 2.75) is 47.0 Å². The summed E-state index contributed by atoms with van der Waals surface area (Å²) >= 11 is 0. The van der Waals surface area contributed by atoms with E-state index in [2.05, 4.69) is 56.2 Å². The molecule has 21 heavy (non-hydrogen) atoms. The average Bonchev–Trinajstić information content (AvgIpc) is 2.78. The number of hydrogen-bond acceptors (Lipinski definition) is 3. The lowest BCUT2D eigenvalue weighted by Crippen LogP contribution is -1.97. The molecule has 0 unspecified atom stereocenters. The zero-order chi connectivity index (χ0) is 15.6. The third-order valence-corrected chi connectivity index (χ3v) is 3.74. The molecule has 2 aromatic rings.